The lowest BCUT2D eigenvalue weighted by Crippen LogP contribution is -2.33. The fourth-order valence-corrected chi connectivity index (χ4v) is 8.40. The summed E-state index contributed by atoms with van der Waals surface area (Å²) < 4.78 is 2.28. The van der Waals surface area contributed by atoms with Crippen LogP contribution >= 0.6 is 0 Å². The largest absolute Gasteiger partial charge is 0.292 e. The summed E-state index contributed by atoms with van der Waals surface area (Å²) in [5.74, 6) is 0.942. The summed E-state index contributed by atoms with van der Waals surface area (Å²) in [5, 5.41) is 10.2. The van der Waals surface area contributed by atoms with Gasteiger partial charge in [-0.05, 0) is 126 Å². The number of allylic oxidation sites excluding steroid dienone is 5. The molecule has 260 valence electrons. The van der Waals surface area contributed by atoms with Crippen molar-refractivity contribution >= 4 is 54.5 Å². The number of hydrogen-bond donors (Lipinski definition) is 0. The molecule has 1 aliphatic carbocycles. The molecule has 2 heteroatoms. The van der Waals surface area contributed by atoms with Crippen LogP contribution in [0, 0.1) is 0 Å². The van der Waals surface area contributed by atoms with E-state index in [4.69, 9.17) is 4.98 Å². The lowest BCUT2D eigenvalue weighted by Gasteiger charge is -2.22. The Balaban J connectivity index is 1.14. The normalized spacial score (nSPS) is 13.8. The first kappa shape index (κ1) is 32.6. The van der Waals surface area contributed by atoms with Gasteiger partial charge in [-0.15, -0.1) is 6.58 Å². The van der Waals surface area contributed by atoms with Gasteiger partial charge in [0.05, 0.1) is 11.0 Å². The second kappa shape index (κ2) is 13.7. The zero-order valence-corrected chi connectivity index (χ0v) is 30.5. The van der Waals surface area contributed by atoms with Crippen molar-refractivity contribution in [3.05, 3.63) is 228 Å². The van der Waals surface area contributed by atoms with E-state index in [1.54, 1.807) is 0 Å². The number of nitrogens with zero attached hydrogens (tertiary/aromatic N) is 2. The van der Waals surface area contributed by atoms with Crippen LogP contribution in [0.3, 0.4) is 0 Å². The number of imidazole rings is 1. The zero-order valence-electron chi connectivity index (χ0n) is 30.5. The molecule has 0 radical (unpaired) electrons. The van der Waals surface area contributed by atoms with E-state index in [0.717, 1.165) is 41.0 Å². The number of para-hydroxylation sites is 2. The molecule has 0 unspecified atom stereocenters. The maximum absolute atomic E-state index is 5.07. The highest BCUT2D eigenvalue weighted by Crippen LogP contribution is 2.36. The Bertz CT molecular complexity index is 3140. The van der Waals surface area contributed by atoms with Crippen LogP contribution in [0.4, 0.5) is 0 Å². The summed E-state index contributed by atoms with van der Waals surface area (Å²) in [4.78, 5) is 5.07. The Morgan fingerprint density at radius 1 is 0.564 bits per heavy atom. The maximum Gasteiger partial charge on any atom is 0.145 e. The van der Waals surface area contributed by atoms with Crippen LogP contribution in [0.25, 0.3) is 71.6 Å². The van der Waals surface area contributed by atoms with E-state index in [-0.39, 0.29) is 0 Å². The second-order valence-electron chi connectivity index (χ2n) is 14.3. The highest BCUT2D eigenvalue weighted by atomic mass is 15.1. The molecule has 0 N–H and O–H groups in total. The smallest absolute Gasteiger partial charge is 0.145 e. The minimum absolute atomic E-state index is 0.815. The Labute approximate surface area is 320 Å². The van der Waals surface area contributed by atoms with Crippen molar-refractivity contribution in [2.45, 2.75) is 12.8 Å². The number of hydrogen-bond acceptors (Lipinski definition) is 1. The highest BCUT2D eigenvalue weighted by molar-refractivity contribution is 6.12. The minimum Gasteiger partial charge on any atom is -0.292 e. The van der Waals surface area contributed by atoms with Crippen molar-refractivity contribution in [1.29, 1.82) is 0 Å². The molecule has 0 aliphatic heterocycles. The molecular weight excluding hydrogens is 665 g/mol. The number of aromatic nitrogens is 2. The number of rotatable bonds is 7. The van der Waals surface area contributed by atoms with E-state index in [0.29, 0.717) is 0 Å². The summed E-state index contributed by atoms with van der Waals surface area (Å²) >= 11 is 0. The van der Waals surface area contributed by atoms with Gasteiger partial charge in [0.15, 0.2) is 0 Å². The predicted octanol–water partition coefficient (Wildman–Crippen LogP) is 12.0. The first-order valence-electron chi connectivity index (χ1n) is 19.0. The molecule has 2 nitrogen and oxygen atoms in total. The van der Waals surface area contributed by atoms with E-state index in [1.807, 2.05) is 6.08 Å². The molecule has 10 rings (SSSR count). The van der Waals surface area contributed by atoms with Gasteiger partial charge in [-0.2, -0.15) is 0 Å². The first-order chi connectivity index (χ1) is 27.2. The molecule has 1 heterocycles. The average Bonchev–Trinajstić information content (AvgIpc) is 3.64. The summed E-state index contributed by atoms with van der Waals surface area (Å²) in [6.45, 7) is 3.93. The third kappa shape index (κ3) is 5.80. The Morgan fingerprint density at radius 2 is 1.29 bits per heavy atom. The van der Waals surface area contributed by atoms with Crippen molar-refractivity contribution in [1.82, 2.24) is 9.55 Å². The molecule has 0 spiro atoms. The van der Waals surface area contributed by atoms with Crippen LogP contribution in [-0.2, 0) is 0 Å². The molecule has 1 aromatic heterocycles. The van der Waals surface area contributed by atoms with Gasteiger partial charge in [0.2, 0.25) is 0 Å². The molecule has 0 saturated carbocycles. The minimum atomic E-state index is 0.815. The molecular formula is C53H38N2. The van der Waals surface area contributed by atoms with Crippen LogP contribution in [0.2, 0.25) is 0 Å². The van der Waals surface area contributed by atoms with Gasteiger partial charge in [0, 0.05) is 11.3 Å². The standard InChI is InChI=1S/C53H38N2/c1-2-3-4-6-18-41-35-48(37-28-30-44(31-29-37)55-51-23-14-13-22-50(51)54-53(55)38-16-7-5-8-17-38)46-20-11-12-21-47(46)52(41)42-27-25-39-34-49-40(32-43(39)33-42)26-24-36-15-9-10-19-45(36)49/h2,4-34H,1,3,35H2. The van der Waals surface area contributed by atoms with Crippen LogP contribution < -0.4 is 10.4 Å². The van der Waals surface area contributed by atoms with E-state index >= 15 is 0 Å². The highest BCUT2D eigenvalue weighted by Gasteiger charge is 2.20. The summed E-state index contributed by atoms with van der Waals surface area (Å²) in [7, 11) is 0. The summed E-state index contributed by atoms with van der Waals surface area (Å²) in [5.41, 5.74) is 10.6. The van der Waals surface area contributed by atoms with Gasteiger partial charge in [-0.1, -0.05) is 152 Å². The summed E-state index contributed by atoms with van der Waals surface area (Å²) in [6.07, 6.45) is 10.3. The topological polar surface area (TPSA) is 17.8 Å². The van der Waals surface area contributed by atoms with Crippen molar-refractivity contribution in [2.75, 3.05) is 0 Å². The monoisotopic (exact) mass is 702 g/mol. The van der Waals surface area contributed by atoms with Crippen LogP contribution in [0.5, 0.6) is 0 Å². The fourth-order valence-electron chi connectivity index (χ4n) is 8.40. The lowest BCUT2D eigenvalue weighted by molar-refractivity contribution is 1.10. The lowest BCUT2D eigenvalue weighted by atomic mass is 9.82. The van der Waals surface area contributed by atoms with Gasteiger partial charge in [-0.25, -0.2) is 4.98 Å². The van der Waals surface area contributed by atoms with E-state index in [1.165, 1.54) is 70.6 Å². The van der Waals surface area contributed by atoms with Crippen LogP contribution in [-0.4, -0.2) is 9.55 Å². The van der Waals surface area contributed by atoms with Gasteiger partial charge in [0.25, 0.3) is 0 Å². The van der Waals surface area contributed by atoms with Crippen molar-refractivity contribution in [3.63, 3.8) is 0 Å². The SMILES string of the molecule is C=CCC=CC=C1CC(c2ccc(-n3c(-c4ccccc4)nc4ccccc43)cc2)=c2ccccc2=C1c1ccc2cc3c(ccc4ccccc43)cc2c1. The zero-order chi connectivity index (χ0) is 36.7. The van der Waals surface area contributed by atoms with E-state index in [9.17, 15) is 0 Å². The van der Waals surface area contributed by atoms with Crippen molar-refractivity contribution in [2.24, 2.45) is 0 Å². The maximum atomic E-state index is 5.07. The Morgan fingerprint density at radius 3 is 2.16 bits per heavy atom. The third-order valence-electron chi connectivity index (χ3n) is 11.0. The van der Waals surface area contributed by atoms with E-state index in [2.05, 4.69) is 199 Å². The van der Waals surface area contributed by atoms with Crippen molar-refractivity contribution in [3.8, 4) is 17.1 Å². The number of fused-ring (bicyclic) bond motifs is 6. The molecule has 9 aromatic rings. The molecule has 0 amide bonds. The van der Waals surface area contributed by atoms with Crippen LogP contribution in [0.15, 0.2) is 206 Å². The molecule has 0 bridgehead atoms. The molecule has 55 heavy (non-hydrogen) atoms. The molecule has 1 aliphatic rings. The average molecular weight is 703 g/mol. The molecule has 8 aromatic carbocycles. The molecule has 0 fully saturated rings. The van der Waals surface area contributed by atoms with Crippen molar-refractivity contribution < 1.29 is 0 Å². The van der Waals surface area contributed by atoms with E-state index < -0.39 is 0 Å². The second-order valence-corrected chi connectivity index (χ2v) is 14.3. The van der Waals surface area contributed by atoms with Gasteiger partial charge in [0.1, 0.15) is 5.82 Å². The molecule has 0 saturated heterocycles. The van der Waals surface area contributed by atoms with Gasteiger partial charge in [-0.3, -0.25) is 4.57 Å². The predicted molar refractivity (Wildman–Crippen MR) is 233 cm³/mol. The summed E-state index contributed by atoms with van der Waals surface area (Å²) in [6, 6.07) is 61.7. The van der Waals surface area contributed by atoms with Crippen LogP contribution in [0.1, 0.15) is 24.0 Å². The van der Waals surface area contributed by atoms with Gasteiger partial charge < -0.3 is 0 Å². The number of benzene rings is 8. The Kier molecular flexibility index (Phi) is 8.15. The van der Waals surface area contributed by atoms with Gasteiger partial charge >= 0.3 is 0 Å². The molecule has 0 atom stereocenters. The Hall–Kier alpha value is -7.03. The first-order valence-corrected chi connectivity index (χ1v) is 19.0. The fraction of sp³-hybridized carbons (Fsp3) is 0.0377. The quantitative estimate of drug-likeness (QED) is 0.0918. The third-order valence-corrected chi connectivity index (χ3v) is 11.0.